The molecule has 0 fully saturated rings. The van der Waals surface area contributed by atoms with Gasteiger partial charge in [0.25, 0.3) is 11.5 Å². The first-order valence-corrected chi connectivity index (χ1v) is 8.41. The summed E-state index contributed by atoms with van der Waals surface area (Å²) in [7, 11) is 1.59. The number of aromatic amines is 1. The van der Waals surface area contributed by atoms with Crippen molar-refractivity contribution in [2.75, 3.05) is 20.3 Å². The van der Waals surface area contributed by atoms with Crippen LogP contribution in [0.4, 0.5) is 0 Å². The number of nitrogens with one attached hydrogen (secondary N) is 1. The highest BCUT2D eigenvalue weighted by Gasteiger charge is 2.17. The van der Waals surface area contributed by atoms with E-state index in [4.69, 9.17) is 4.74 Å². The van der Waals surface area contributed by atoms with E-state index in [1.165, 1.54) is 0 Å². The average molecular weight is 351 g/mol. The van der Waals surface area contributed by atoms with Gasteiger partial charge in [-0.15, -0.1) is 0 Å². The van der Waals surface area contributed by atoms with Gasteiger partial charge in [-0.25, -0.2) is 4.98 Å². The Morgan fingerprint density at radius 1 is 1.15 bits per heavy atom. The summed E-state index contributed by atoms with van der Waals surface area (Å²) in [4.78, 5) is 34.0. The minimum atomic E-state index is -0.208. The van der Waals surface area contributed by atoms with Crippen molar-refractivity contribution in [1.29, 1.82) is 0 Å². The van der Waals surface area contributed by atoms with Crippen LogP contribution in [-0.2, 0) is 11.3 Å². The van der Waals surface area contributed by atoms with E-state index in [1.54, 1.807) is 42.3 Å². The zero-order valence-corrected chi connectivity index (χ0v) is 14.9. The Kier molecular flexibility index (Phi) is 5.43. The maximum atomic E-state index is 12.9. The topological polar surface area (TPSA) is 75.3 Å². The second-order valence-corrected chi connectivity index (χ2v) is 6.12. The molecular weight excluding hydrogens is 330 g/mol. The first-order chi connectivity index (χ1) is 12.6. The lowest BCUT2D eigenvalue weighted by atomic mass is 10.1. The number of hydrogen-bond acceptors (Lipinski definition) is 4. The molecule has 0 unspecified atom stereocenters. The molecule has 1 amide bonds. The third-order valence-electron chi connectivity index (χ3n) is 4.15. The highest BCUT2D eigenvalue weighted by Crippen LogP contribution is 2.11. The SMILES string of the molecule is COCCN(Cc1nc2ccccc2c(=O)[nH]1)C(=O)c1ccc(C)cc1. The molecule has 6 heteroatoms. The Labute approximate surface area is 151 Å². The van der Waals surface area contributed by atoms with Crippen LogP contribution in [-0.4, -0.2) is 41.0 Å². The fourth-order valence-corrected chi connectivity index (χ4v) is 2.72. The van der Waals surface area contributed by atoms with Gasteiger partial charge in [-0.3, -0.25) is 9.59 Å². The third-order valence-corrected chi connectivity index (χ3v) is 4.15. The molecule has 0 aliphatic rings. The second kappa shape index (κ2) is 7.93. The van der Waals surface area contributed by atoms with E-state index in [-0.39, 0.29) is 18.0 Å². The van der Waals surface area contributed by atoms with E-state index in [0.717, 1.165) is 5.56 Å². The number of carbonyl (C=O) groups is 1. The highest BCUT2D eigenvalue weighted by molar-refractivity contribution is 5.94. The Hall–Kier alpha value is -2.99. The van der Waals surface area contributed by atoms with Gasteiger partial charge >= 0.3 is 0 Å². The summed E-state index contributed by atoms with van der Waals surface area (Å²) in [5, 5.41) is 0.532. The van der Waals surface area contributed by atoms with Gasteiger partial charge in [-0.2, -0.15) is 0 Å². The summed E-state index contributed by atoms with van der Waals surface area (Å²) >= 11 is 0. The minimum absolute atomic E-state index is 0.127. The molecule has 0 bridgehead atoms. The molecule has 1 N–H and O–H groups in total. The summed E-state index contributed by atoms with van der Waals surface area (Å²) in [6, 6.07) is 14.5. The Morgan fingerprint density at radius 3 is 2.62 bits per heavy atom. The monoisotopic (exact) mass is 351 g/mol. The van der Waals surface area contributed by atoms with Crippen molar-refractivity contribution in [1.82, 2.24) is 14.9 Å². The lowest BCUT2D eigenvalue weighted by molar-refractivity contribution is 0.0675. The maximum Gasteiger partial charge on any atom is 0.258 e. The van der Waals surface area contributed by atoms with Crippen LogP contribution in [0.25, 0.3) is 10.9 Å². The van der Waals surface area contributed by atoms with Gasteiger partial charge in [0.05, 0.1) is 24.1 Å². The van der Waals surface area contributed by atoms with Gasteiger partial charge in [-0.05, 0) is 31.2 Å². The molecule has 0 radical (unpaired) electrons. The van der Waals surface area contributed by atoms with Gasteiger partial charge in [0.15, 0.2) is 0 Å². The van der Waals surface area contributed by atoms with E-state index in [0.29, 0.717) is 35.4 Å². The van der Waals surface area contributed by atoms with Crippen molar-refractivity contribution >= 4 is 16.8 Å². The Morgan fingerprint density at radius 2 is 1.88 bits per heavy atom. The van der Waals surface area contributed by atoms with Crippen LogP contribution in [0.2, 0.25) is 0 Å². The van der Waals surface area contributed by atoms with Gasteiger partial charge in [0.2, 0.25) is 0 Å². The van der Waals surface area contributed by atoms with E-state index >= 15 is 0 Å². The number of ether oxygens (including phenoxy) is 1. The van der Waals surface area contributed by atoms with Gasteiger partial charge in [0, 0.05) is 19.2 Å². The Bertz CT molecular complexity index is 964. The number of para-hydroxylation sites is 1. The molecule has 26 heavy (non-hydrogen) atoms. The zero-order chi connectivity index (χ0) is 18.5. The average Bonchev–Trinajstić information content (AvgIpc) is 2.65. The van der Waals surface area contributed by atoms with Gasteiger partial charge < -0.3 is 14.6 Å². The number of nitrogens with zero attached hydrogens (tertiary/aromatic N) is 2. The van der Waals surface area contributed by atoms with Crippen LogP contribution in [0, 0.1) is 6.92 Å². The second-order valence-electron chi connectivity index (χ2n) is 6.12. The molecule has 1 heterocycles. The number of rotatable bonds is 6. The summed E-state index contributed by atoms with van der Waals surface area (Å²) in [6.07, 6.45) is 0. The van der Waals surface area contributed by atoms with Crippen LogP contribution < -0.4 is 5.56 Å². The van der Waals surface area contributed by atoms with Crippen molar-refractivity contribution in [2.24, 2.45) is 0 Å². The first kappa shape index (κ1) is 17.8. The van der Waals surface area contributed by atoms with E-state index < -0.39 is 0 Å². The molecular formula is C20H21N3O3. The molecule has 0 saturated carbocycles. The lowest BCUT2D eigenvalue weighted by Crippen LogP contribution is -2.34. The predicted octanol–water partition coefficient (Wildman–Crippen LogP) is 2.52. The standard InChI is InChI=1S/C20H21N3O3/c1-14-7-9-15(10-8-14)20(25)23(11-12-26-2)13-18-21-17-6-4-3-5-16(17)19(24)22-18/h3-10H,11-13H2,1-2H3,(H,21,22,24). The van der Waals surface area contributed by atoms with Crippen LogP contribution in [0.1, 0.15) is 21.7 Å². The molecule has 0 aliphatic heterocycles. The molecule has 0 spiro atoms. The molecule has 2 aromatic carbocycles. The Balaban J connectivity index is 1.89. The van der Waals surface area contributed by atoms with Crippen molar-refractivity contribution < 1.29 is 9.53 Å². The van der Waals surface area contributed by atoms with E-state index in [2.05, 4.69) is 9.97 Å². The molecule has 0 atom stereocenters. The number of methoxy groups -OCH3 is 1. The maximum absolute atomic E-state index is 12.9. The number of hydrogen-bond donors (Lipinski definition) is 1. The summed E-state index contributed by atoms with van der Waals surface area (Å²) in [6.45, 7) is 2.98. The van der Waals surface area contributed by atoms with Crippen molar-refractivity contribution in [3.05, 3.63) is 75.8 Å². The molecule has 0 aliphatic carbocycles. The van der Waals surface area contributed by atoms with E-state index in [9.17, 15) is 9.59 Å². The van der Waals surface area contributed by atoms with Crippen LogP contribution in [0.15, 0.2) is 53.3 Å². The normalized spacial score (nSPS) is 10.8. The van der Waals surface area contributed by atoms with Crippen LogP contribution >= 0.6 is 0 Å². The number of H-pyrrole nitrogens is 1. The summed E-state index contributed by atoms with van der Waals surface area (Å²) in [5.74, 6) is 0.322. The number of aryl methyl sites for hydroxylation is 1. The van der Waals surface area contributed by atoms with Crippen LogP contribution in [0.3, 0.4) is 0 Å². The van der Waals surface area contributed by atoms with Crippen molar-refractivity contribution in [3.8, 4) is 0 Å². The number of benzene rings is 2. The molecule has 1 aromatic heterocycles. The van der Waals surface area contributed by atoms with Gasteiger partial charge in [0.1, 0.15) is 5.82 Å². The predicted molar refractivity (Wildman–Crippen MR) is 100 cm³/mol. The molecule has 6 nitrogen and oxygen atoms in total. The first-order valence-electron chi connectivity index (χ1n) is 8.41. The largest absolute Gasteiger partial charge is 0.383 e. The highest BCUT2D eigenvalue weighted by atomic mass is 16.5. The molecule has 0 saturated heterocycles. The molecule has 3 rings (SSSR count). The van der Waals surface area contributed by atoms with Crippen molar-refractivity contribution in [2.45, 2.75) is 13.5 Å². The lowest BCUT2D eigenvalue weighted by Gasteiger charge is -2.22. The van der Waals surface area contributed by atoms with Crippen LogP contribution in [0.5, 0.6) is 0 Å². The molecule has 3 aromatic rings. The van der Waals surface area contributed by atoms with E-state index in [1.807, 2.05) is 25.1 Å². The summed E-state index contributed by atoms with van der Waals surface area (Å²) in [5.41, 5.74) is 2.08. The summed E-state index contributed by atoms with van der Waals surface area (Å²) < 4.78 is 5.12. The zero-order valence-electron chi connectivity index (χ0n) is 14.9. The van der Waals surface area contributed by atoms with Crippen molar-refractivity contribution in [3.63, 3.8) is 0 Å². The number of aromatic nitrogens is 2. The fraction of sp³-hybridized carbons (Fsp3) is 0.250. The fourth-order valence-electron chi connectivity index (χ4n) is 2.72. The van der Waals surface area contributed by atoms with Gasteiger partial charge in [-0.1, -0.05) is 29.8 Å². The number of carbonyl (C=O) groups excluding carboxylic acids is 1. The number of amides is 1. The quantitative estimate of drug-likeness (QED) is 0.740. The molecule has 134 valence electrons. The number of fused-ring (bicyclic) bond motifs is 1. The minimum Gasteiger partial charge on any atom is -0.383 e. The smallest absolute Gasteiger partial charge is 0.258 e. The third kappa shape index (κ3) is 3.97.